The normalized spacial score (nSPS) is 22.8. The van der Waals surface area contributed by atoms with Crippen molar-refractivity contribution in [1.29, 1.82) is 0 Å². The largest absolute Gasteiger partial charge is 0.425 e. The molecular formula is C39H37NO8. The van der Waals surface area contributed by atoms with Crippen molar-refractivity contribution in [2.24, 2.45) is 23.7 Å². The standard InChI is InChI=1S/C39H37NO8/c1-21(41)23-7-11-25(12-8-23)38(45)47-32-17-18-33(48-39(46)26-13-9-24(10-14-26)22(2)42)35-34(32)36(43)40(37(35)44)29-15-16-31-28(20-29)19-27-5-3-4-6-30(27)31/h3-6,15-18,20,23-26H,7-14,19H2,1-2H3. The average Bonchev–Trinajstić information content (AvgIpc) is 3.59. The van der Waals surface area contributed by atoms with Crippen molar-refractivity contribution < 1.29 is 38.2 Å². The van der Waals surface area contributed by atoms with Gasteiger partial charge in [-0.15, -0.1) is 0 Å². The van der Waals surface area contributed by atoms with E-state index >= 15 is 0 Å². The number of anilines is 1. The number of rotatable bonds is 7. The van der Waals surface area contributed by atoms with E-state index in [1.165, 1.54) is 12.1 Å². The van der Waals surface area contributed by atoms with E-state index in [9.17, 15) is 28.8 Å². The number of ketones is 2. The Hall–Kier alpha value is -4.92. The van der Waals surface area contributed by atoms with Crippen molar-refractivity contribution in [2.75, 3.05) is 4.90 Å². The second-order valence-electron chi connectivity index (χ2n) is 13.6. The minimum atomic E-state index is -0.673. The van der Waals surface area contributed by atoms with Crippen LogP contribution in [-0.2, 0) is 25.6 Å². The van der Waals surface area contributed by atoms with Crippen molar-refractivity contribution in [1.82, 2.24) is 0 Å². The summed E-state index contributed by atoms with van der Waals surface area (Å²) in [6.45, 7) is 3.12. The first-order valence-corrected chi connectivity index (χ1v) is 16.8. The molecule has 0 N–H and O–H groups in total. The fourth-order valence-corrected chi connectivity index (χ4v) is 7.83. The molecule has 9 nitrogen and oxygen atoms in total. The number of carbonyl (C=O) groups is 6. The van der Waals surface area contributed by atoms with Crippen LogP contribution >= 0.6 is 0 Å². The lowest BCUT2D eigenvalue weighted by atomic mass is 9.80. The molecule has 9 heteroatoms. The molecule has 0 saturated heterocycles. The molecule has 0 atom stereocenters. The van der Waals surface area contributed by atoms with Gasteiger partial charge in [0.25, 0.3) is 11.8 Å². The van der Waals surface area contributed by atoms with E-state index in [0.717, 1.165) is 27.2 Å². The molecule has 1 heterocycles. The van der Waals surface area contributed by atoms with Crippen LogP contribution in [0.1, 0.15) is 97.1 Å². The van der Waals surface area contributed by atoms with Crippen LogP contribution in [0.3, 0.4) is 0 Å². The fourth-order valence-electron chi connectivity index (χ4n) is 7.83. The lowest BCUT2D eigenvalue weighted by Crippen LogP contribution is -2.30. The van der Waals surface area contributed by atoms with Crippen LogP contribution in [-0.4, -0.2) is 35.3 Å². The number of esters is 2. The number of nitrogens with zero attached hydrogens (tertiary/aromatic N) is 1. The van der Waals surface area contributed by atoms with Crippen LogP contribution in [0, 0.1) is 23.7 Å². The van der Waals surface area contributed by atoms with Crippen molar-refractivity contribution in [2.45, 2.75) is 71.6 Å². The first-order chi connectivity index (χ1) is 23.1. The molecular weight excluding hydrogens is 610 g/mol. The molecule has 0 unspecified atom stereocenters. The molecule has 0 spiro atoms. The highest BCUT2D eigenvalue weighted by Gasteiger charge is 2.44. The van der Waals surface area contributed by atoms with Crippen molar-refractivity contribution >= 4 is 41.0 Å². The number of amides is 2. The summed E-state index contributed by atoms with van der Waals surface area (Å²) in [4.78, 5) is 79.7. The van der Waals surface area contributed by atoms with Gasteiger partial charge < -0.3 is 9.47 Å². The Labute approximate surface area is 278 Å². The Morgan fingerprint density at radius 1 is 0.583 bits per heavy atom. The Balaban J connectivity index is 1.19. The highest BCUT2D eigenvalue weighted by atomic mass is 16.5. The molecule has 2 saturated carbocycles. The van der Waals surface area contributed by atoms with Gasteiger partial charge in [-0.3, -0.25) is 28.8 Å². The molecule has 0 aromatic heterocycles. The number of ether oxygens (including phenoxy) is 2. The monoisotopic (exact) mass is 647 g/mol. The Bertz CT molecular complexity index is 1790. The summed E-state index contributed by atoms with van der Waals surface area (Å²) in [7, 11) is 0. The predicted molar refractivity (Wildman–Crippen MR) is 176 cm³/mol. The van der Waals surface area contributed by atoms with Gasteiger partial charge in [-0.05, 0) is 118 Å². The maximum absolute atomic E-state index is 14.2. The molecule has 2 amide bonds. The van der Waals surface area contributed by atoms with Crippen LogP contribution in [0.2, 0.25) is 0 Å². The molecule has 0 radical (unpaired) electrons. The lowest BCUT2D eigenvalue weighted by molar-refractivity contribution is -0.142. The summed E-state index contributed by atoms with van der Waals surface area (Å²) in [5.74, 6) is -3.36. The van der Waals surface area contributed by atoms with E-state index < -0.39 is 35.6 Å². The van der Waals surface area contributed by atoms with E-state index in [1.807, 2.05) is 30.3 Å². The number of carbonyl (C=O) groups excluding carboxylic acids is 6. The SMILES string of the molecule is CC(=O)C1CCC(C(=O)Oc2ccc(OC(=O)C3CCC(C(C)=O)CC3)c3c2C(=O)N(c2ccc4c(c2)Cc2ccccc2-4)C3=O)CC1. The van der Waals surface area contributed by atoms with Gasteiger partial charge in [0.05, 0.1) is 28.7 Å². The van der Waals surface area contributed by atoms with E-state index in [-0.39, 0.29) is 46.0 Å². The quantitative estimate of drug-likeness (QED) is 0.124. The number of hydrogen-bond donors (Lipinski definition) is 0. The summed E-state index contributed by atoms with van der Waals surface area (Å²) >= 11 is 0. The highest BCUT2D eigenvalue weighted by Crippen LogP contribution is 2.44. The van der Waals surface area contributed by atoms with Crippen LogP contribution < -0.4 is 14.4 Å². The molecule has 3 aromatic carbocycles. The second kappa shape index (κ2) is 12.6. The third kappa shape index (κ3) is 5.65. The third-order valence-corrected chi connectivity index (χ3v) is 10.7. The molecule has 246 valence electrons. The molecule has 0 bridgehead atoms. The zero-order chi connectivity index (χ0) is 33.7. The Morgan fingerprint density at radius 3 is 1.54 bits per heavy atom. The van der Waals surface area contributed by atoms with Crippen LogP contribution in [0.15, 0.2) is 54.6 Å². The number of hydrogen-bond acceptors (Lipinski definition) is 8. The van der Waals surface area contributed by atoms with Gasteiger partial charge >= 0.3 is 11.9 Å². The first kappa shape index (κ1) is 31.7. The van der Waals surface area contributed by atoms with Crippen molar-refractivity contribution in [3.63, 3.8) is 0 Å². The number of imide groups is 1. The summed E-state index contributed by atoms with van der Waals surface area (Å²) < 4.78 is 11.7. The topological polar surface area (TPSA) is 124 Å². The maximum Gasteiger partial charge on any atom is 0.314 e. The second-order valence-corrected chi connectivity index (χ2v) is 13.6. The smallest absolute Gasteiger partial charge is 0.314 e. The van der Waals surface area contributed by atoms with Gasteiger partial charge in [0, 0.05) is 11.8 Å². The van der Waals surface area contributed by atoms with Gasteiger partial charge in [0.1, 0.15) is 23.1 Å². The minimum absolute atomic E-state index is 0.0696. The molecule has 3 aliphatic carbocycles. The van der Waals surface area contributed by atoms with Gasteiger partial charge in [0.2, 0.25) is 0 Å². The number of Topliss-reactive ketones (excluding diaryl/α,β-unsaturated/α-hetero) is 2. The minimum Gasteiger partial charge on any atom is -0.425 e. The number of benzene rings is 3. The predicted octanol–water partition coefficient (Wildman–Crippen LogP) is 6.66. The fraction of sp³-hybridized carbons (Fsp3) is 0.385. The Morgan fingerprint density at radius 2 is 1.04 bits per heavy atom. The summed E-state index contributed by atoms with van der Waals surface area (Å²) in [5.41, 5.74) is 4.40. The van der Waals surface area contributed by atoms with Gasteiger partial charge in [0.15, 0.2) is 0 Å². The van der Waals surface area contributed by atoms with Crippen LogP contribution in [0.25, 0.3) is 11.1 Å². The van der Waals surface area contributed by atoms with E-state index in [1.54, 1.807) is 19.9 Å². The highest BCUT2D eigenvalue weighted by molar-refractivity contribution is 6.36. The molecule has 4 aliphatic rings. The third-order valence-electron chi connectivity index (χ3n) is 10.7. The van der Waals surface area contributed by atoms with Gasteiger partial charge in [-0.25, -0.2) is 4.90 Å². The van der Waals surface area contributed by atoms with Gasteiger partial charge in [-0.1, -0.05) is 30.3 Å². The lowest BCUT2D eigenvalue weighted by Gasteiger charge is -2.26. The first-order valence-electron chi connectivity index (χ1n) is 16.8. The molecule has 48 heavy (non-hydrogen) atoms. The summed E-state index contributed by atoms with van der Waals surface area (Å²) in [6, 6.07) is 16.3. The van der Waals surface area contributed by atoms with Crippen molar-refractivity contribution in [3.8, 4) is 22.6 Å². The van der Waals surface area contributed by atoms with E-state index in [0.29, 0.717) is 63.5 Å². The summed E-state index contributed by atoms with van der Waals surface area (Å²) in [6.07, 6.45) is 4.96. The van der Waals surface area contributed by atoms with Gasteiger partial charge in [-0.2, -0.15) is 0 Å². The molecule has 3 aromatic rings. The van der Waals surface area contributed by atoms with Crippen LogP contribution in [0.4, 0.5) is 5.69 Å². The Kier molecular flexibility index (Phi) is 8.31. The zero-order valence-corrected chi connectivity index (χ0v) is 27.1. The van der Waals surface area contributed by atoms with Crippen molar-refractivity contribution in [3.05, 3.63) is 76.9 Å². The molecule has 1 aliphatic heterocycles. The number of fused-ring (bicyclic) bond motifs is 4. The van der Waals surface area contributed by atoms with E-state index in [4.69, 9.17) is 9.47 Å². The zero-order valence-electron chi connectivity index (χ0n) is 27.1. The average molecular weight is 648 g/mol. The molecule has 2 fully saturated rings. The summed E-state index contributed by atoms with van der Waals surface area (Å²) in [5, 5.41) is 0. The van der Waals surface area contributed by atoms with E-state index in [2.05, 4.69) is 6.07 Å². The molecule has 7 rings (SSSR count). The van der Waals surface area contributed by atoms with Crippen LogP contribution in [0.5, 0.6) is 11.5 Å². The maximum atomic E-state index is 14.2.